The molecule has 228 valence electrons. The van der Waals surface area contributed by atoms with Gasteiger partial charge in [0.05, 0.1) is 17.3 Å². The van der Waals surface area contributed by atoms with Crippen LogP contribution in [-0.2, 0) is 17.8 Å². The molecule has 0 saturated carbocycles. The van der Waals surface area contributed by atoms with Crippen LogP contribution in [0.25, 0.3) is 5.57 Å². The largest absolute Gasteiger partial charge is 0.366 e. The van der Waals surface area contributed by atoms with Crippen molar-refractivity contribution in [1.82, 2.24) is 15.1 Å². The Labute approximate surface area is 241 Å². The molecule has 0 radical (unpaired) electrons. The molecule has 2 aromatic carbocycles. The molecule has 3 aromatic rings. The number of hydrogen-bond acceptors (Lipinski definition) is 4. The SMILES string of the molecule is C=CCC=N/C(=C(\C)c1ccc(F)c(C(N)=O)c1)[C@H](Cc1cc(F)cc(F)c1)NC(=O)Cn1nc(C(F)F)cc1C(F)F. The maximum Gasteiger partial charge on any atom is 0.282 e. The third kappa shape index (κ3) is 8.63. The lowest BCUT2D eigenvalue weighted by molar-refractivity contribution is -0.122. The molecular weight excluding hydrogens is 583 g/mol. The van der Waals surface area contributed by atoms with Crippen molar-refractivity contribution in [3.05, 3.63) is 106 Å². The van der Waals surface area contributed by atoms with Gasteiger partial charge < -0.3 is 11.1 Å². The molecule has 0 bridgehead atoms. The van der Waals surface area contributed by atoms with Crippen molar-refractivity contribution in [2.75, 3.05) is 0 Å². The number of rotatable bonds is 13. The number of hydrogen-bond donors (Lipinski definition) is 2. The third-order valence-corrected chi connectivity index (χ3v) is 6.15. The van der Waals surface area contributed by atoms with Gasteiger partial charge in [-0.15, -0.1) is 6.58 Å². The van der Waals surface area contributed by atoms with E-state index in [1.807, 2.05) is 0 Å². The number of halogens is 7. The van der Waals surface area contributed by atoms with Crippen LogP contribution in [0, 0.1) is 17.5 Å². The molecular formula is C29H26F7N5O2. The van der Waals surface area contributed by atoms with E-state index in [0.717, 1.165) is 24.3 Å². The molecule has 0 saturated heterocycles. The molecule has 43 heavy (non-hydrogen) atoms. The number of allylic oxidation sites excluding steroid dienone is 2. The number of carbonyl (C=O) groups excluding carboxylic acids is 2. The smallest absolute Gasteiger partial charge is 0.282 e. The number of aliphatic imine (C=N–C) groups is 1. The van der Waals surface area contributed by atoms with Gasteiger partial charge in [-0.25, -0.2) is 30.7 Å². The van der Waals surface area contributed by atoms with E-state index in [1.54, 1.807) is 0 Å². The van der Waals surface area contributed by atoms with Gasteiger partial charge >= 0.3 is 0 Å². The van der Waals surface area contributed by atoms with E-state index in [1.165, 1.54) is 25.3 Å². The second kappa shape index (κ2) is 14.4. The predicted molar refractivity (Wildman–Crippen MR) is 145 cm³/mol. The molecule has 1 atom stereocenters. The van der Waals surface area contributed by atoms with E-state index >= 15 is 0 Å². The Morgan fingerprint density at radius 3 is 2.30 bits per heavy atom. The first-order valence-electron chi connectivity index (χ1n) is 12.6. The fourth-order valence-electron chi connectivity index (χ4n) is 4.19. The summed E-state index contributed by atoms with van der Waals surface area (Å²) in [6.07, 6.45) is -3.55. The molecule has 0 aliphatic carbocycles. The highest BCUT2D eigenvalue weighted by Crippen LogP contribution is 2.27. The third-order valence-electron chi connectivity index (χ3n) is 6.15. The number of primary amides is 1. The van der Waals surface area contributed by atoms with Crippen LogP contribution in [-0.4, -0.2) is 33.9 Å². The fourth-order valence-corrected chi connectivity index (χ4v) is 4.19. The van der Waals surface area contributed by atoms with E-state index < -0.39 is 71.7 Å². The Bertz CT molecular complexity index is 1550. The molecule has 3 rings (SSSR count). The van der Waals surface area contributed by atoms with Crippen LogP contribution in [0.2, 0.25) is 0 Å². The normalized spacial score (nSPS) is 13.0. The number of nitrogens with one attached hydrogen (secondary N) is 1. The van der Waals surface area contributed by atoms with Crippen LogP contribution in [0.15, 0.2) is 65.8 Å². The summed E-state index contributed by atoms with van der Waals surface area (Å²) in [5, 5.41) is 5.95. The van der Waals surface area contributed by atoms with E-state index in [2.05, 4.69) is 22.0 Å². The molecule has 1 heterocycles. The zero-order chi connectivity index (χ0) is 31.8. The minimum atomic E-state index is -3.22. The van der Waals surface area contributed by atoms with Gasteiger partial charge in [-0.2, -0.15) is 5.10 Å². The van der Waals surface area contributed by atoms with Gasteiger partial charge in [0.2, 0.25) is 5.91 Å². The molecule has 0 unspecified atom stereocenters. The number of amides is 2. The van der Waals surface area contributed by atoms with Crippen molar-refractivity contribution >= 4 is 23.6 Å². The van der Waals surface area contributed by atoms with Crippen molar-refractivity contribution in [2.45, 2.75) is 45.2 Å². The molecule has 3 N–H and O–H groups in total. The lowest BCUT2D eigenvalue weighted by atomic mass is 9.95. The van der Waals surface area contributed by atoms with E-state index in [4.69, 9.17) is 5.73 Å². The number of nitrogens with zero attached hydrogens (tertiary/aromatic N) is 3. The van der Waals surface area contributed by atoms with Crippen LogP contribution in [0.4, 0.5) is 30.7 Å². The molecule has 0 aliphatic heterocycles. The summed E-state index contributed by atoms with van der Waals surface area (Å²) in [5.74, 6) is -4.76. The van der Waals surface area contributed by atoms with Crippen molar-refractivity contribution in [2.24, 2.45) is 10.7 Å². The lowest BCUT2D eigenvalue weighted by Gasteiger charge is -2.23. The van der Waals surface area contributed by atoms with Crippen LogP contribution in [0.5, 0.6) is 0 Å². The molecule has 0 aliphatic rings. The number of aromatic nitrogens is 2. The van der Waals surface area contributed by atoms with Crippen LogP contribution in [0.1, 0.15) is 59.1 Å². The molecule has 7 nitrogen and oxygen atoms in total. The summed E-state index contributed by atoms with van der Waals surface area (Å²) in [7, 11) is 0. The Balaban J connectivity index is 2.12. The molecule has 2 amide bonds. The zero-order valence-corrected chi connectivity index (χ0v) is 22.6. The predicted octanol–water partition coefficient (Wildman–Crippen LogP) is 6.08. The van der Waals surface area contributed by atoms with Gasteiger partial charge in [0, 0.05) is 18.7 Å². The monoisotopic (exact) mass is 609 g/mol. The number of benzene rings is 2. The fraction of sp³-hybridized carbons (Fsp3) is 0.241. The average molecular weight is 610 g/mol. The topological polar surface area (TPSA) is 102 Å². The summed E-state index contributed by atoms with van der Waals surface area (Å²) in [6, 6.07) is 5.37. The van der Waals surface area contributed by atoms with Crippen molar-refractivity contribution in [3.8, 4) is 0 Å². The molecule has 14 heteroatoms. The first-order valence-corrected chi connectivity index (χ1v) is 12.6. The maximum atomic E-state index is 14.2. The lowest BCUT2D eigenvalue weighted by Crippen LogP contribution is -2.40. The Hall–Kier alpha value is -4.75. The van der Waals surface area contributed by atoms with Gasteiger partial charge in [0.1, 0.15) is 35.4 Å². The van der Waals surface area contributed by atoms with Crippen LogP contribution < -0.4 is 11.1 Å². The number of carbonyl (C=O) groups is 2. The Kier molecular flexibility index (Phi) is 11.0. The van der Waals surface area contributed by atoms with Gasteiger partial charge in [0.25, 0.3) is 18.8 Å². The van der Waals surface area contributed by atoms with Crippen LogP contribution >= 0.6 is 0 Å². The Morgan fingerprint density at radius 1 is 1.05 bits per heavy atom. The van der Waals surface area contributed by atoms with Gasteiger partial charge in [-0.05, 0) is 60.4 Å². The highest BCUT2D eigenvalue weighted by molar-refractivity contribution is 5.94. The summed E-state index contributed by atoms with van der Waals surface area (Å²) in [4.78, 5) is 29.3. The minimum Gasteiger partial charge on any atom is -0.366 e. The van der Waals surface area contributed by atoms with Crippen molar-refractivity contribution < 1.29 is 40.3 Å². The summed E-state index contributed by atoms with van der Waals surface area (Å²) < 4.78 is 95.9. The van der Waals surface area contributed by atoms with Crippen molar-refractivity contribution in [1.29, 1.82) is 0 Å². The Morgan fingerprint density at radius 2 is 1.72 bits per heavy atom. The van der Waals surface area contributed by atoms with Gasteiger partial charge in [-0.3, -0.25) is 19.3 Å². The molecule has 1 aromatic heterocycles. The zero-order valence-electron chi connectivity index (χ0n) is 22.6. The second-order valence-corrected chi connectivity index (χ2v) is 9.26. The number of nitrogens with two attached hydrogens (primary N) is 1. The minimum absolute atomic E-state index is 0.0660. The summed E-state index contributed by atoms with van der Waals surface area (Å²) >= 11 is 0. The van der Waals surface area contributed by atoms with Gasteiger partial charge in [0.15, 0.2) is 0 Å². The summed E-state index contributed by atoms with van der Waals surface area (Å²) in [5.41, 5.74) is 3.62. The standard InChI is InChI=1S/C29H26F7N5O2/c1-3-4-7-38-26(15(2)17-5-6-21(32)20(11-17)29(37)43)22(10-16-8-18(30)12-19(31)9-16)39-25(42)14-41-24(28(35)36)13-23(40-41)27(33)34/h3,5-9,11-13,22,27-28H,1,4,10,14H2,2H3,(H2,37,43)(H,39,42)/b26-15+,38-7?/t22-/m0/s1. The number of alkyl halides is 4. The highest BCUT2D eigenvalue weighted by Gasteiger charge is 2.25. The highest BCUT2D eigenvalue weighted by atomic mass is 19.3. The maximum absolute atomic E-state index is 14.2. The van der Waals surface area contributed by atoms with Crippen LogP contribution in [0.3, 0.4) is 0 Å². The van der Waals surface area contributed by atoms with E-state index in [9.17, 15) is 40.3 Å². The van der Waals surface area contributed by atoms with Crippen molar-refractivity contribution in [3.63, 3.8) is 0 Å². The summed E-state index contributed by atoms with van der Waals surface area (Å²) in [6.45, 7) is 4.19. The first-order chi connectivity index (χ1) is 20.3. The quantitative estimate of drug-likeness (QED) is 0.140. The first kappa shape index (κ1) is 32.8. The second-order valence-electron chi connectivity index (χ2n) is 9.26. The van der Waals surface area contributed by atoms with Gasteiger partial charge in [-0.1, -0.05) is 12.1 Å². The van der Waals surface area contributed by atoms with E-state index in [0.29, 0.717) is 16.8 Å². The average Bonchev–Trinajstić information content (AvgIpc) is 3.34. The van der Waals surface area contributed by atoms with E-state index in [-0.39, 0.29) is 35.2 Å². The molecule has 0 spiro atoms. The molecule has 0 fully saturated rings.